The fourth-order valence-corrected chi connectivity index (χ4v) is 4.90. The van der Waals surface area contributed by atoms with Crippen molar-refractivity contribution in [2.45, 2.75) is 63.3 Å². The Kier molecular flexibility index (Phi) is 4.74. The Morgan fingerprint density at radius 2 is 2.12 bits per heavy atom. The SMILES string of the molecule is CC1(C(=O)Nc2ccncn2)CCCN1c1nc2c(c(Nc3cc(C4CC4)[nH]n3)n1)CCC2. The van der Waals surface area contributed by atoms with Gasteiger partial charge < -0.3 is 15.5 Å². The van der Waals surface area contributed by atoms with Crippen molar-refractivity contribution in [2.75, 3.05) is 22.1 Å². The molecule has 1 saturated carbocycles. The van der Waals surface area contributed by atoms with E-state index in [1.807, 2.05) is 11.8 Å². The smallest absolute Gasteiger partial charge is 0.251 e. The molecule has 1 unspecified atom stereocenters. The summed E-state index contributed by atoms with van der Waals surface area (Å²) in [5, 5.41) is 14.0. The van der Waals surface area contributed by atoms with E-state index < -0.39 is 5.54 Å². The molecular weight excluding hydrogens is 418 g/mol. The van der Waals surface area contributed by atoms with Gasteiger partial charge in [-0.15, -0.1) is 0 Å². The molecule has 4 heterocycles. The van der Waals surface area contributed by atoms with E-state index in [1.165, 1.54) is 24.9 Å². The van der Waals surface area contributed by atoms with Crippen LogP contribution in [0.25, 0.3) is 0 Å². The topological polar surface area (TPSA) is 125 Å². The molecule has 2 aliphatic carbocycles. The van der Waals surface area contributed by atoms with Gasteiger partial charge in [-0.05, 0) is 57.9 Å². The van der Waals surface area contributed by atoms with Gasteiger partial charge in [-0.2, -0.15) is 10.1 Å². The molecule has 1 amide bonds. The highest BCUT2D eigenvalue weighted by Gasteiger charge is 2.45. The first-order valence-electron chi connectivity index (χ1n) is 11.7. The Morgan fingerprint density at radius 3 is 2.94 bits per heavy atom. The zero-order valence-electron chi connectivity index (χ0n) is 18.6. The number of carbonyl (C=O) groups excluding carboxylic acids is 1. The van der Waals surface area contributed by atoms with Gasteiger partial charge in [0.2, 0.25) is 5.95 Å². The molecule has 6 rings (SSSR count). The van der Waals surface area contributed by atoms with Crippen molar-refractivity contribution < 1.29 is 4.79 Å². The lowest BCUT2D eigenvalue weighted by atomic mass is 9.98. The van der Waals surface area contributed by atoms with E-state index in [9.17, 15) is 4.79 Å². The molecule has 33 heavy (non-hydrogen) atoms. The Hall–Kier alpha value is -3.56. The summed E-state index contributed by atoms with van der Waals surface area (Å²) >= 11 is 0. The Labute approximate surface area is 191 Å². The fraction of sp³-hybridized carbons (Fsp3) is 0.478. The molecule has 1 atom stereocenters. The lowest BCUT2D eigenvalue weighted by molar-refractivity contribution is -0.120. The standard InChI is InChI=1S/C23H27N9O/c1-23(21(33)28-18-8-10-24-13-25-18)9-3-11-32(23)22-26-16-5-2-4-15(16)20(29-22)27-19-12-17(30-31-19)14-6-7-14/h8,10,12-14H,2-7,9,11H2,1H3,(H,24,25,28,33)(H2,26,27,29,30,31). The first kappa shape index (κ1) is 20.1. The van der Waals surface area contributed by atoms with Crippen LogP contribution in [0.1, 0.15) is 61.9 Å². The van der Waals surface area contributed by atoms with Crippen LogP contribution in [0.15, 0.2) is 24.7 Å². The summed E-state index contributed by atoms with van der Waals surface area (Å²) in [4.78, 5) is 33.2. The number of H-pyrrole nitrogens is 1. The average molecular weight is 446 g/mol. The number of aryl methyl sites for hydroxylation is 1. The second-order valence-corrected chi connectivity index (χ2v) is 9.34. The van der Waals surface area contributed by atoms with Crippen LogP contribution < -0.4 is 15.5 Å². The van der Waals surface area contributed by atoms with E-state index in [2.05, 4.69) is 36.9 Å². The number of aromatic nitrogens is 6. The van der Waals surface area contributed by atoms with Crippen LogP contribution in [0.4, 0.5) is 23.4 Å². The third-order valence-corrected chi connectivity index (χ3v) is 6.98. The lowest BCUT2D eigenvalue weighted by Gasteiger charge is -2.34. The molecule has 1 saturated heterocycles. The largest absolute Gasteiger partial charge is 0.326 e. The van der Waals surface area contributed by atoms with Gasteiger partial charge >= 0.3 is 0 Å². The van der Waals surface area contributed by atoms with Crippen LogP contribution in [0.3, 0.4) is 0 Å². The van der Waals surface area contributed by atoms with Gasteiger partial charge in [-0.3, -0.25) is 9.89 Å². The number of hydrogen-bond acceptors (Lipinski definition) is 8. The van der Waals surface area contributed by atoms with Gasteiger partial charge in [0, 0.05) is 36.0 Å². The molecule has 0 aromatic carbocycles. The zero-order chi connectivity index (χ0) is 22.4. The summed E-state index contributed by atoms with van der Waals surface area (Å²) in [6.07, 6.45) is 10.0. The van der Waals surface area contributed by atoms with E-state index >= 15 is 0 Å². The van der Waals surface area contributed by atoms with Crippen LogP contribution >= 0.6 is 0 Å². The molecule has 0 spiro atoms. The molecule has 170 valence electrons. The van der Waals surface area contributed by atoms with Crippen molar-refractivity contribution >= 4 is 29.3 Å². The van der Waals surface area contributed by atoms with Gasteiger partial charge in [0.25, 0.3) is 5.91 Å². The fourth-order valence-electron chi connectivity index (χ4n) is 4.90. The molecule has 10 nitrogen and oxygen atoms in total. The van der Waals surface area contributed by atoms with Gasteiger partial charge in [0.15, 0.2) is 5.82 Å². The summed E-state index contributed by atoms with van der Waals surface area (Å²) in [7, 11) is 0. The predicted molar refractivity (Wildman–Crippen MR) is 124 cm³/mol. The first-order valence-corrected chi connectivity index (χ1v) is 11.7. The van der Waals surface area contributed by atoms with Crippen molar-refractivity contribution in [3.05, 3.63) is 41.6 Å². The maximum Gasteiger partial charge on any atom is 0.251 e. The number of anilines is 4. The van der Waals surface area contributed by atoms with Gasteiger partial charge in [-0.25, -0.2) is 15.0 Å². The Morgan fingerprint density at radius 1 is 1.21 bits per heavy atom. The normalized spacial score (nSPS) is 21.8. The summed E-state index contributed by atoms with van der Waals surface area (Å²) in [5.41, 5.74) is 2.63. The minimum Gasteiger partial charge on any atom is -0.326 e. The molecule has 10 heteroatoms. The van der Waals surface area contributed by atoms with Crippen LogP contribution in [0.5, 0.6) is 0 Å². The highest BCUT2D eigenvalue weighted by Crippen LogP contribution is 2.40. The third kappa shape index (κ3) is 3.69. The molecule has 3 aromatic heterocycles. The molecule has 3 N–H and O–H groups in total. The van der Waals surface area contributed by atoms with Crippen LogP contribution in [-0.4, -0.2) is 48.1 Å². The van der Waals surface area contributed by atoms with E-state index in [1.54, 1.807) is 12.3 Å². The third-order valence-electron chi connectivity index (χ3n) is 6.98. The van der Waals surface area contributed by atoms with Crippen LogP contribution in [0.2, 0.25) is 0 Å². The maximum absolute atomic E-state index is 13.3. The van der Waals surface area contributed by atoms with E-state index in [0.29, 0.717) is 17.7 Å². The maximum atomic E-state index is 13.3. The molecule has 3 aromatic rings. The van der Waals surface area contributed by atoms with Crippen molar-refractivity contribution in [1.29, 1.82) is 0 Å². The minimum absolute atomic E-state index is 0.112. The van der Waals surface area contributed by atoms with E-state index in [4.69, 9.17) is 9.97 Å². The number of nitrogens with zero attached hydrogens (tertiary/aromatic N) is 6. The Balaban J connectivity index is 1.30. The van der Waals surface area contributed by atoms with E-state index in [-0.39, 0.29) is 5.91 Å². The number of rotatable bonds is 6. The second-order valence-electron chi connectivity index (χ2n) is 9.34. The second kappa shape index (κ2) is 7.79. The van der Waals surface area contributed by atoms with Crippen molar-refractivity contribution in [3.8, 4) is 0 Å². The molecule has 2 fully saturated rings. The number of hydrogen-bond donors (Lipinski definition) is 3. The highest BCUT2D eigenvalue weighted by molar-refractivity contribution is 5.99. The van der Waals surface area contributed by atoms with Gasteiger partial charge in [0.1, 0.15) is 23.5 Å². The lowest BCUT2D eigenvalue weighted by Crippen LogP contribution is -2.51. The summed E-state index contributed by atoms with van der Waals surface area (Å²) in [6.45, 7) is 2.68. The van der Waals surface area contributed by atoms with Crippen molar-refractivity contribution in [3.63, 3.8) is 0 Å². The molecule has 3 aliphatic rings. The number of amides is 1. The highest BCUT2D eigenvalue weighted by atomic mass is 16.2. The van der Waals surface area contributed by atoms with Crippen molar-refractivity contribution in [2.24, 2.45) is 0 Å². The van der Waals surface area contributed by atoms with Gasteiger partial charge in [-0.1, -0.05) is 0 Å². The predicted octanol–water partition coefficient (Wildman–Crippen LogP) is 3.10. The first-order chi connectivity index (χ1) is 16.1. The Bertz CT molecular complexity index is 1190. The van der Waals surface area contributed by atoms with Crippen molar-refractivity contribution in [1.82, 2.24) is 30.1 Å². The van der Waals surface area contributed by atoms with E-state index in [0.717, 1.165) is 61.5 Å². The average Bonchev–Trinajstić information content (AvgIpc) is 3.20. The summed E-state index contributed by atoms with van der Waals surface area (Å²) in [5.74, 6) is 3.16. The summed E-state index contributed by atoms with van der Waals surface area (Å²) < 4.78 is 0. The number of aromatic amines is 1. The summed E-state index contributed by atoms with van der Waals surface area (Å²) in [6, 6.07) is 3.77. The van der Waals surface area contributed by atoms with Crippen LogP contribution in [-0.2, 0) is 17.6 Å². The number of fused-ring (bicyclic) bond motifs is 1. The van der Waals surface area contributed by atoms with Crippen LogP contribution in [0, 0.1) is 0 Å². The van der Waals surface area contributed by atoms with Gasteiger partial charge in [0.05, 0.1) is 5.69 Å². The molecule has 0 bridgehead atoms. The number of nitrogens with one attached hydrogen (secondary N) is 3. The molecule has 1 aliphatic heterocycles. The molecule has 0 radical (unpaired) electrons. The number of carbonyl (C=O) groups is 1. The monoisotopic (exact) mass is 445 g/mol. The molecular formula is C23H27N9O. The zero-order valence-corrected chi connectivity index (χ0v) is 18.6. The quantitative estimate of drug-likeness (QED) is 0.529. The minimum atomic E-state index is -0.763.